The van der Waals surface area contributed by atoms with Gasteiger partial charge < -0.3 is 15.4 Å². The first-order chi connectivity index (χ1) is 13.7. The molecule has 2 amide bonds. The molecule has 3 rings (SSSR count). The molecule has 0 saturated heterocycles. The molecular weight excluding hydrogens is 401 g/mol. The number of anilines is 1. The lowest BCUT2D eigenvalue weighted by Crippen LogP contribution is -2.38. The molecule has 0 fully saturated rings. The maximum Gasteiger partial charge on any atom is 0.262 e. The summed E-state index contributed by atoms with van der Waals surface area (Å²) in [5.74, 6) is -0.945. The number of likely N-dealkylation sites (N-methyl/N-ethyl adjacent to an activating group) is 1. The van der Waals surface area contributed by atoms with Crippen LogP contribution in [-0.2, 0) is 26.2 Å². The van der Waals surface area contributed by atoms with E-state index in [2.05, 4.69) is 10.6 Å². The molecule has 0 spiro atoms. The van der Waals surface area contributed by atoms with Crippen LogP contribution in [0.1, 0.15) is 11.1 Å². The van der Waals surface area contributed by atoms with Gasteiger partial charge in [-0.05, 0) is 36.2 Å². The van der Waals surface area contributed by atoms with Crippen molar-refractivity contribution in [3.8, 4) is 5.75 Å². The number of amides is 2. The van der Waals surface area contributed by atoms with Crippen molar-refractivity contribution in [2.45, 2.75) is 18.4 Å². The maximum atomic E-state index is 12.9. The Morgan fingerprint density at radius 1 is 1.28 bits per heavy atom. The average molecular weight is 421 g/mol. The minimum atomic E-state index is -3.97. The lowest BCUT2D eigenvalue weighted by Gasteiger charge is -2.22. The average Bonchev–Trinajstić information content (AvgIpc) is 2.66. The van der Waals surface area contributed by atoms with Gasteiger partial charge in [-0.3, -0.25) is 9.59 Å². The van der Waals surface area contributed by atoms with Crippen LogP contribution in [0.25, 0.3) is 0 Å². The number of fused-ring (bicyclic) bond motifs is 1. The summed E-state index contributed by atoms with van der Waals surface area (Å²) in [6.07, 6.45) is 0. The van der Waals surface area contributed by atoms with Crippen LogP contribution in [0.2, 0.25) is 0 Å². The number of aryl methyl sites for hydroxylation is 1. The molecule has 10 heteroatoms. The molecular formula is C19H20FN3O5S. The molecule has 0 bridgehead atoms. The van der Waals surface area contributed by atoms with E-state index >= 15 is 0 Å². The van der Waals surface area contributed by atoms with Gasteiger partial charge in [0.15, 0.2) is 6.61 Å². The van der Waals surface area contributed by atoms with Crippen molar-refractivity contribution in [3.05, 3.63) is 53.3 Å². The number of ether oxygens (including phenoxy) is 1. The van der Waals surface area contributed by atoms with Crippen LogP contribution in [0.5, 0.6) is 5.75 Å². The van der Waals surface area contributed by atoms with Crippen molar-refractivity contribution in [2.75, 3.05) is 25.5 Å². The Bertz CT molecular complexity index is 1050. The van der Waals surface area contributed by atoms with Gasteiger partial charge in [0.25, 0.3) is 5.91 Å². The van der Waals surface area contributed by atoms with Crippen LogP contribution in [0.4, 0.5) is 10.1 Å². The molecule has 0 aromatic heterocycles. The van der Waals surface area contributed by atoms with Gasteiger partial charge in [0.2, 0.25) is 15.9 Å². The van der Waals surface area contributed by atoms with E-state index in [0.29, 0.717) is 16.8 Å². The lowest BCUT2D eigenvalue weighted by atomic mass is 10.2. The number of rotatable bonds is 6. The van der Waals surface area contributed by atoms with Crippen LogP contribution in [0.15, 0.2) is 41.3 Å². The first-order valence-electron chi connectivity index (χ1n) is 8.71. The van der Waals surface area contributed by atoms with Gasteiger partial charge in [-0.2, -0.15) is 4.31 Å². The Kier molecular flexibility index (Phi) is 5.85. The minimum absolute atomic E-state index is 0.0127. The second-order valence-corrected chi connectivity index (χ2v) is 8.63. The molecule has 2 aromatic carbocycles. The van der Waals surface area contributed by atoms with Gasteiger partial charge in [0.05, 0.1) is 17.1 Å². The van der Waals surface area contributed by atoms with E-state index < -0.39 is 22.5 Å². The summed E-state index contributed by atoms with van der Waals surface area (Å²) in [5, 5.41) is 5.22. The number of benzene rings is 2. The van der Waals surface area contributed by atoms with E-state index in [0.717, 1.165) is 4.31 Å². The molecule has 0 unspecified atom stereocenters. The van der Waals surface area contributed by atoms with Crippen molar-refractivity contribution >= 4 is 27.5 Å². The predicted octanol–water partition coefficient (Wildman–Crippen LogP) is 1.40. The zero-order valence-corrected chi connectivity index (χ0v) is 16.7. The lowest BCUT2D eigenvalue weighted by molar-refractivity contribution is -0.121. The highest BCUT2D eigenvalue weighted by Gasteiger charge is 2.28. The first-order valence-corrected chi connectivity index (χ1v) is 10.2. The first kappa shape index (κ1) is 20.7. The van der Waals surface area contributed by atoms with Gasteiger partial charge in [0.1, 0.15) is 11.6 Å². The summed E-state index contributed by atoms with van der Waals surface area (Å²) >= 11 is 0. The molecule has 0 aliphatic carbocycles. The molecule has 29 heavy (non-hydrogen) atoms. The summed E-state index contributed by atoms with van der Waals surface area (Å²) in [6.45, 7) is 1.16. The number of nitrogens with one attached hydrogen (secondary N) is 2. The van der Waals surface area contributed by atoms with Crippen LogP contribution in [0, 0.1) is 12.7 Å². The van der Waals surface area contributed by atoms with E-state index in [1.165, 1.54) is 43.4 Å². The molecule has 2 N–H and O–H groups in total. The van der Waals surface area contributed by atoms with Gasteiger partial charge >= 0.3 is 0 Å². The number of sulfonamides is 1. The van der Waals surface area contributed by atoms with E-state index in [1.54, 1.807) is 6.92 Å². The van der Waals surface area contributed by atoms with E-state index in [9.17, 15) is 22.4 Å². The number of halogens is 1. The van der Waals surface area contributed by atoms with Crippen molar-refractivity contribution in [1.82, 2.24) is 9.62 Å². The maximum absolute atomic E-state index is 12.9. The fourth-order valence-electron chi connectivity index (χ4n) is 2.81. The highest BCUT2D eigenvalue weighted by molar-refractivity contribution is 7.89. The van der Waals surface area contributed by atoms with E-state index in [-0.39, 0.29) is 35.5 Å². The number of hydrogen-bond donors (Lipinski definition) is 2. The van der Waals surface area contributed by atoms with Gasteiger partial charge in [-0.25, -0.2) is 12.8 Å². The molecule has 0 atom stereocenters. The molecule has 1 aliphatic rings. The summed E-state index contributed by atoms with van der Waals surface area (Å²) in [4.78, 5) is 23.6. The SMILES string of the molecule is Cc1cc2c(cc1S(=O)(=O)N(C)CC(=O)NCc1ccc(F)cc1)OCC(=O)N2. The minimum Gasteiger partial charge on any atom is -0.482 e. The summed E-state index contributed by atoms with van der Waals surface area (Å²) in [7, 11) is -2.67. The summed E-state index contributed by atoms with van der Waals surface area (Å²) in [5.41, 5.74) is 1.50. The molecule has 154 valence electrons. The molecule has 1 heterocycles. The van der Waals surface area contributed by atoms with Crippen molar-refractivity contribution in [3.63, 3.8) is 0 Å². The molecule has 0 saturated carbocycles. The summed E-state index contributed by atoms with van der Waals surface area (Å²) in [6, 6.07) is 8.48. The van der Waals surface area contributed by atoms with Crippen LogP contribution in [-0.4, -0.2) is 44.7 Å². The summed E-state index contributed by atoms with van der Waals surface area (Å²) < 4.78 is 45.0. The molecule has 1 aliphatic heterocycles. The second-order valence-electron chi connectivity index (χ2n) is 6.61. The normalized spacial score (nSPS) is 13.4. The zero-order chi connectivity index (χ0) is 21.2. The van der Waals surface area contributed by atoms with Crippen LogP contribution in [0.3, 0.4) is 0 Å². The largest absolute Gasteiger partial charge is 0.482 e. The number of carbonyl (C=O) groups is 2. The highest BCUT2D eigenvalue weighted by atomic mass is 32.2. The second kappa shape index (κ2) is 8.18. The van der Waals surface area contributed by atoms with E-state index in [4.69, 9.17) is 4.74 Å². The molecule has 2 aromatic rings. The number of hydrogen-bond acceptors (Lipinski definition) is 5. The van der Waals surface area contributed by atoms with Crippen molar-refractivity contribution < 1.29 is 27.1 Å². The Morgan fingerprint density at radius 2 is 1.97 bits per heavy atom. The van der Waals surface area contributed by atoms with Crippen LogP contribution < -0.4 is 15.4 Å². The standard InChI is InChI=1S/C19H20FN3O5S/c1-12-7-15-16(28-11-19(25)22-15)8-17(12)29(26,27)23(2)10-18(24)21-9-13-3-5-14(20)6-4-13/h3-8H,9-11H2,1-2H3,(H,21,24)(H,22,25). The quantitative estimate of drug-likeness (QED) is 0.734. The van der Waals surface area contributed by atoms with Gasteiger partial charge in [-0.1, -0.05) is 12.1 Å². The van der Waals surface area contributed by atoms with Crippen molar-refractivity contribution in [2.24, 2.45) is 0 Å². The van der Waals surface area contributed by atoms with Gasteiger partial charge in [-0.15, -0.1) is 0 Å². The topological polar surface area (TPSA) is 105 Å². The van der Waals surface area contributed by atoms with Gasteiger partial charge in [0, 0.05) is 19.7 Å². The predicted molar refractivity (Wildman–Crippen MR) is 103 cm³/mol. The van der Waals surface area contributed by atoms with Crippen LogP contribution >= 0.6 is 0 Å². The monoisotopic (exact) mass is 421 g/mol. The smallest absolute Gasteiger partial charge is 0.262 e. The third kappa shape index (κ3) is 4.72. The Hall–Kier alpha value is -2.98. The third-order valence-electron chi connectivity index (χ3n) is 4.37. The molecule has 0 radical (unpaired) electrons. The Labute approximate surface area is 167 Å². The Balaban J connectivity index is 1.69. The third-order valence-corrected chi connectivity index (χ3v) is 6.31. The number of carbonyl (C=O) groups excluding carboxylic acids is 2. The van der Waals surface area contributed by atoms with Crippen molar-refractivity contribution in [1.29, 1.82) is 0 Å². The fourth-order valence-corrected chi connectivity index (χ4v) is 4.15. The number of nitrogens with zero attached hydrogens (tertiary/aromatic N) is 1. The van der Waals surface area contributed by atoms with E-state index in [1.807, 2.05) is 0 Å². The highest BCUT2D eigenvalue weighted by Crippen LogP contribution is 2.33. The Morgan fingerprint density at radius 3 is 2.66 bits per heavy atom. The molecule has 8 nitrogen and oxygen atoms in total. The fraction of sp³-hybridized carbons (Fsp3) is 0.263. The zero-order valence-electron chi connectivity index (χ0n) is 15.9.